The number of anilines is 2. The molecular formula is C16H18ClN3OS. The van der Waals surface area contributed by atoms with Crippen molar-refractivity contribution >= 4 is 40.2 Å². The minimum Gasteiger partial charge on any atom is -0.367 e. The number of nitrogens with zero attached hydrogens (tertiary/aromatic N) is 2. The number of nitrogens with one attached hydrogen (secondary N) is 1. The summed E-state index contributed by atoms with van der Waals surface area (Å²) < 4.78 is 0. The zero-order chi connectivity index (χ0) is 15.5. The molecule has 4 nitrogen and oxygen atoms in total. The van der Waals surface area contributed by atoms with E-state index in [1.165, 1.54) is 11.3 Å². The smallest absolute Gasteiger partial charge is 0.256 e. The maximum absolute atomic E-state index is 12.3. The van der Waals surface area contributed by atoms with Crippen molar-refractivity contribution in [2.24, 2.45) is 0 Å². The van der Waals surface area contributed by atoms with Crippen LogP contribution in [0.15, 0.2) is 35.0 Å². The Morgan fingerprint density at radius 3 is 2.68 bits per heavy atom. The van der Waals surface area contributed by atoms with Crippen molar-refractivity contribution in [2.45, 2.75) is 0 Å². The highest BCUT2D eigenvalue weighted by Gasteiger charge is 2.18. The van der Waals surface area contributed by atoms with Gasteiger partial charge in [-0.25, -0.2) is 0 Å². The molecule has 0 unspecified atom stereocenters. The fourth-order valence-corrected chi connectivity index (χ4v) is 3.33. The van der Waals surface area contributed by atoms with Gasteiger partial charge in [0.1, 0.15) is 0 Å². The van der Waals surface area contributed by atoms with Crippen LogP contribution >= 0.6 is 22.9 Å². The Balaban J connectivity index is 1.83. The standard InChI is InChI=1S/C16H18ClN3OS/c1-19-5-7-20(8-6-19)15-3-2-13(17)10-14(15)18-16(21)12-4-9-22-11-12/h2-4,9-11H,5-8H2,1H3,(H,18,21). The molecule has 1 aromatic carbocycles. The second kappa shape index (κ2) is 6.69. The number of hydrogen-bond donors (Lipinski definition) is 1. The van der Waals surface area contributed by atoms with Gasteiger partial charge in [-0.2, -0.15) is 11.3 Å². The largest absolute Gasteiger partial charge is 0.367 e. The summed E-state index contributed by atoms with van der Waals surface area (Å²) in [5.41, 5.74) is 2.48. The predicted molar refractivity (Wildman–Crippen MR) is 93.4 cm³/mol. The average molecular weight is 336 g/mol. The first kappa shape index (κ1) is 15.3. The number of benzene rings is 1. The highest BCUT2D eigenvalue weighted by Crippen LogP contribution is 2.30. The number of hydrogen-bond acceptors (Lipinski definition) is 4. The number of thiophene rings is 1. The van der Waals surface area contributed by atoms with Crippen LogP contribution in [0.25, 0.3) is 0 Å². The molecule has 6 heteroatoms. The third-order valence-electron chi connectivity index (χ3n) is 3.83. The number of piperazine rings is 1. The van der Waals surface area contributed by atoms with E-state index >= 15 is 0 Å². The van der Waals surface area contributed by atoms with Gasteiger partial charge in [0.15, 0.2) is 0 Å². The summed E-state index contributed by atoms with van der Waals surface area (Å²) in [6, 6.07) is 7.49. The van der Waals surface area contributed by atoms with Crippen molar-refractivity contribution in [1.29, 1.82) is 0 Å². The van der Waals surface area contributed by atoms with E-state index in [1.807, 2.05) is 35.0 Å². The first-order valence-corrected chi connectivity index (χ1v) is 8.52. The van der Waals surface area contributed by atoms with Gasteiger partial charge in [-0.3, -0.25) is 4.79 Å². The maximum Gasteiger partial charge on any atom is 0.256 e. The fourth-order valence-electron chi connectivity index (χ4n) is 2.52. The topological polar surface area (TPSA) is 35.6 Å². The van der Waals surface area contributed by atoms with E-state index < -0.39 is 0 Å². The van der Waals surface area contributed by atoms with E-state index in [2.05, 4.69) is 22.2 Å². The van der Waals surface area contributed by atoms with Crippen LogP contribution in [-0.4, -0.2) is 44.0 Å². The molecule has 1 amide bonds. The molecule has 0 aliphatic carbocycles. The van der Waals surface area contributed by atoms with Crippen LogP contribution < -0.4 is 10.2 Å². The molecule has 1 aliphatic heterocycles. The summed E-state index contributed by atoms with van der Waals surface area (Å²) in [6.45, 7) is 3.92. The van der Waals surface area contributed by atoms with Crippen molar-refractivity contribution in [1.82, 2.24) is 4.90 Å². The van der Waals surface area contributed by atoms with Gasteiger partial charge in [-0.15, -0.1) is 0 Å². The predicted octanol–water partition coefficient (Wildman–Crippen LogP) is 3.41. The van der Waals surface area contributed by atoms with Gasteiger partial charge >= 0.3 is 0 Å². The SMILES string of the molecule is CN1CCN(c2ccc(Cl)cc2NC(=O)c2ccsc2)CC1. The Morgan fingerprint density at radius 2 is 2.00 bits per heavy atom. The van der Waals surface area contributed by atoms with Gasteiger partial charge in [-0.05, 0) is 36.7 Å². The number of carbonyl (C=O) groups excluding carboxylic acids is 1. The van der Waals surface area contributed by atoms with Gasteiger partial charge in [0.2, 0.25) is 0 Å². The van der Waals surface area contributed by atoms with Crippen LogP contribution in [0.5, 0.6) is 0 Å². The van der Waals surface area contributed by atoms with E-state index in [-0.39, 0.29) is 5.91 Å². The Labute approximate surface area is 139 Å². The van der Waals surface area contributed by atoms with Crippen LogP contribution in [-0.2, 0) is 0 Å². The van der Waals surface area contributed by atoms with Gasteiger partial charge in [0.25, 0.3) is 5.91 Å². The minimum absolute atomic E-state index is 0.0982. The van der Waals surface area contributed by atoms with Crippen LogP contribution in [0.1, 0.15) is 10.4 Å². The van der Waals surface area contributed by atoms with Gasteiger partial charge in [-0.1, -0.05) is 11.6 Å². The van der Waals surface area contributed by atoms with Crippen LogP contribution in [0.2, 0.25) is 5.02 Å². The zero-order valence-corrected chi connectivity index (χ0v) is 14.0. The van der Waals surface area contributed by atoms with Gasteiger partial charge in [0.05, 0.1) is 16.9 Å². The number of rotatable bonds is 3. The summed E-state index contributed by atoms with van der Waals surface area (Å²) in [4.78, 5) is 16.9. The quantitative estimate of drug-likeness (QED) is 0.933. The third-order valence-corrected chi connectivity index (χ3v) is 4.75. The van der Waals surface area contributed by atoms with E-state index in [9.17, 15) is 4.79 Å². The lowest BCUT2D eigenvalue weighted by Crippen LogP contribution is -2.44. The molecule has 0 saturated carbocycles. The summed E-state index contributed by atoms with van der Waals surface area (Å²) in [5.74, 6) is -0.0982. The van der Waals surface area contributed by atoms with Crippen LogP contribution in [0.4, 0.5) is 11.4 Å². The molecule has 1 N–H and O–H groups in total. The molecule has 2 aromatic rings. The molecule has 2 heterocycles. The molecule has 0 atom stereocenters. The molecule has 1 fully saturated rings. The van der Waals surface area contributed by atoms with Crippen molar-refractivity contribution in [3.8, 4) is 0 Å². The van der Waals surface area contributed by atoms with E-state index in [0.717, 1.165) is 37.6 Å². The lowest BCUT2D eigenvalue weighted by Gasteiger charge is -2.35. The summed E-state index contributed by atoms with van der Waals surface area (Å²) in [7, 11) is 2.12. The molecule has 0 bridgehead atoms. The van der Waals surface area contributed by atoms with Crippen molar-refractivity contribution < 1.29 is 4.79 Å². The second-order valence-corrected chi connectivity index (χ2v) is 6.63. The molecule has 1 saturated heterocycles. The molecule has 0 radical (unpaired) electrons. The normalized spacial score (nSPS) is 15.8. The monoisotopic (exact) mass is 335 g/mol. The highest BCUT2D eigenvalue weighted by molar-refractivity contribution is 7.08. The van der Waals surface area contributed by atoms with Crippen LogP contribution in [0.3, 0.4) is 0 Å². The van der Waals surface area contributed by atoms with E-state index in [1.54, 1.807) is 0 Å². The molecule has 0 spiro atoms. The minimum atomic E-state index is -0.0982. The maximum atomic E-state index is 12.3. The Bertz CT molecular complexity index is 651. The number of halogens is 1. The van der Waals surface area contributed by atoms with E-state index in [4.69, 9.17) is 11.6 Å². The Morgan fingerprint density at radius 1 is 1.23 bits per heavy atom. The van der Waals surface area contributed by atoms with Crippen LogP contribution in [0, 0.1) is 0 Å². The summed E-state index contributed by atoms with van der Waals surface area (Å²) in [6.07, 6.45) is 0. The third kappa shape index (κ3) is 3.43. The summed E-state index contributed by atoms with van der Waals surface area (Å²) in [5, 5.41) is 7.35. The van der Waals surface area contributed by atoms with Gasteiger partial charge < -0.3 is 15.1 Å². The highest BCUT2D eigenvalue weighted by atomic mass is 35.5. The lowest BCUT2D eigenvalue weighted by atomic mass is 10.2. The fraction of sp³-hybridized carbons (Fsp3) is 0.312. The molecule has 1 aromatic heterocycles. The Kier molecular flexibility index (Phi) is 4.66. The Hall–Kier alpha value is -1.56. The lowest BCUT2D eigenvalue weighted by molar-refractivity contribution is 0.102. The molecular weight excluding hydrogens is 318 g/mol. The zero-order valence-electron chi connectivity index (χ0n) is 12.4. The molecule has 22 heavy (non-hydrogen) atoms. The van der Waals surface area contributed by atoms with Crippen molar-refractivity contribution in [3.05, 3.63) is 45.6 Å². The number of likely N-dealkylation sites (N-methyl/N-ethyl adjacent to an activating group) is 1. The average Bonchev–Trinajstić information content (AvgIpc) is 3.03. The van der Waals surface area contributed by atoms with Crippen molar-refractivity contribution in [3.63, 3.8) is 0 Å². The first-order chi connectivity index (χ1) is 10.6. The first-order valence-electron chi connectivity index (χ1n) is 7.20. The second-order valence-electron chi connectivity index (χ2n) is 5.42. The molecule has 116 valence electrons. The number of amides is 1. The number of carbonyl (C=O) groups is 1. The molecule has 1 aliphatic rings. The van der Waals surface area contributed by atoms with E-state index in [0.29, 0.717) is 10.6 Å². The summed E-state index contributed by atoms with van der Waals surface area (Å²) >= 11 is 7.62. The molecule has 3 rings (SSSR count). The van der Waals surface area contributed by atoms with Crippen molar-refractivity contribution in [2.75, 3.05) is 43.4 Å². The van der Waals surface area contributed by atoms with Gasteiger partial charge in [0, 0.05) is 36.6 Å².